The van der Waals surface area contributed by atoms with E-state index in [9.17, 15) is 20.0 Å². The van der Waals surface area contributed by atoms with Crippen molar-refractivity contribution in [3.63, 3.8) is 0 Å². The van der Waals surface area contributed by atoms with Crippen molar-refractivity contribution in [1.82, 2.24) is 19.8 Å². The van der Waals surface area contributed by atoms with E-state index in [-0.39, 0.29) is 18.2 Å². The molecule has 12 nitrogen and oxygen atoms in total. The van der Waals surface area contributed by atoms with Crippen molar-refractivity contribution >= 4 is 24.6 Å². The first kappa shape index (κ1) is 36.8. The van der Waals surface area contributed by atoms with Gasteiger partial charge in [0, 0.05) is 74.3 Å². The fourth-order valence-corrected chi connectivity index (χ4v) is 2.87. The fraction of sp³-hybridized carbons (Fsp3) is 0.548. The van der Waals surface area contributed by atoms with Gasteiger partial charge in [-0.1, -0.05) is 0 Å². The Labute approximate surface area is 255 Å². The molecule has 2 amide bonds. The molecule has 43 heavy (non-hydrogen) atoms. The summed E-state index contributed by atoms with van der Waals surface area (Å²) in [7, 11) is 3.35. The van der Waals surface area contributed by atoms with E-state index in [0.717, 1.165) is 15.0 Å². The minimum atomic E-state index is -0.430. The molecule has 2 rings (SSSR count). The van der Waals surface area contributed by atoms with Crippen LogP contribution >= 0.6 is 0 Å². The van der Waals surface area contributed by atoms with Crippen LogP contribution in [0.15, 0.2) is 24.3 Å². The number of amides is 2. The fourth-order valence-electron chi connectivity index (χ4n) is 2.87. The molecule has 1 heterocycles. The van der Waals surface area contributed by atoms with E-state index in [1.807, 2.05) is 55.4 Å². The van der Waals surface area contributed by atoms with Gasteiger partial charge in [-0.05, 0) is 61.4 Å². The molecule has 0 bridgehead atoms. The third-order valence-corrected chi connectivity index (χ3v) is 6.26. The number of aromatic nitrogens is 2. The van der Waals surface area contributed by atoms with Crippen molar-refractivity contribution in [1.29, 1.82) is 0 Å². The monoisotopic (exact) mass is 602 g/mol. The first-order valence-electron chi connectivity index (χ1n) is 14.2. The number of carbonyl (C=O) groups is 2. The van der Waals surface area contributed by atoms with Crippen molar-refractivity contribution in [3.05, 3.63) is 52.6 Å². The minimum absolute atomic E-state index is 0.0746. The highest BCUT2D eigenvalue weighted by molar-refractivity contribution is 5.76. The van der Waals surface area contributed by atoms with E-state index in [1.54, 1.807) is 64.6 Å². The van der Waals surface area contributed by atoms with Crippen LogP contribution in [-0.4, -0.2) is 103 Å². The summed E-state index contributed by atoms with van der Waals surface area (Å²) in [5.74, 6) is 0.479. The van der Waals surface area contributed by atoms with Gasteiger partial charge in [0.2, 0.25) is 23.5 Å². The van der Waals surface area contributed by atoms with E-state index in [1.165, 1.54) is 9.80 Å². The van der Waals surface area contributed by atoms with Gasteiger partial charge in [0.15, 0.2) is 5.69 Å². The van der Waals surface area contributed by atoms with Crippen molar-refractivity contribution in [2.75, 3.05) is 27.2 Å². The molecule has 238 valence electrons. The molecule has 2 N–H and O–H groups in total. The van der Waals surface area contributed by atoms with Crippen molar-refractivity contribution in [2.24, 2.45) is 0 Å². The summed E-state index contributed by atoms with van der Waals surface area (Å²) in [4.78, 5) is 35.1. The Kier molecular flexibility index (Phi) is 13.6. The highest BCUT2D eigenvalue weighted by Gasteiger charge is 2.26. The molecule has 0 aliphatic rings. The number of hydroxylamine groups is 2. The van der Waals surface area contributed by atoms with Gasteiger partial charge >= 0.3 is 12.2 Å². The number of carbonyl (C=O) groups excluding carboxylic acids is 2. The SMILES string of the molecule is CCN(C)C(=O)OCc1nc(C)c(/C=[N+](\O)C(C)(C)C)nc1C.CCN(C)C(=O)Oc1ccc(/C=[N+](\O)C(C)(C)C)cc1. The number of hydrogen-bond donors (Lipinski definition) is 2. The van der Waals surface area contributed by atoms with Gasteiger partial charge in [-0.2, -0.15) is 0 Å². The van der Waals surface area contributed by atoms with Gasteiger partial charge in [-0.3, -0.25) is 15.4 Å². The molecule has 0 saturated heterocycles. The molecule has 0 atom stereocenters. The van der Waals surface area contributed by atoms with Crippen molar-refractivity contribution in [3.8, 4) is 5.75 Å². The van der Waals surface area contributed by atoms with Crippen LogP contribution in [0, 0.1) is 13.8 Å². The first-order chi connectivity index (χ1) is 19.8. The Morgan fingerprint density at radius 2 is 1.30 bits per heavy atom. The smallest absolute Gasteiger partial charge is 0.414 e. The maximum absolute atomic E-state index is 11.7. The van der Waals surface area contributed by atoms with Crippen LogP contribution in [0.3, 0.4) is 0 Å². The largest absolute Gasteiger partial charge is 0.443 e. The number of ether oxygens (including phenoxy) is 2. The van der Waals surface area contributed by atoms with E-state index in [4.69, 9.17) is 9.47 Å². The van der Waals surface area contributed by atoms with Gasteiger partial charge in [-0.15, -0.1) is 0 Å². The molecule has 1 aromatic carbocycles. The Hall–Kier alpha value is -4.22. The number of rotatable bonds is 7. The summed E-state index contributed by atoms with van der Waals surface area (Å²) >= 11 is 0. The summed E-state index contributed by atoms with van der Waals surface area (Å²) in [6.07, 6.45) is 2.40. The zero-order valence-electron chi connectivity index (χ0n) is 27.8. The van der Waals surface area contributed by atoms with Gasteiger partial charge in [0.05, 0.1) is 17.1 Å². The van der Waals surface area contributed by atoms with Crippen LogP contribution in [0.4, 0.5) is 9.59 Å². The lowest BCUT2D eigenvalue weighted by Crippen LogP contribution is -2.31. The molecular weight excluding hydrogens is 552 g/mol. The highest BCUT2D eigenvalue weighted by Crippen LogP contribution is 2.14. The third kappa shape index (κ3) is 12.3. The minimum Gasteiger partial charge on any atom is -0.443 e. The number of aryl methyl sites for hydroxylation is 2. The van der Waals surface area contributed by atoms with Crippen molar-refractivity contribution < 1.29 is 39.0 Å². The Morgan fingerprint density at radius 1 is 0.814 bits per heavy atom. The Morgan fingerprint density at radius 3 is 1.79 bits per heavy atom. The lowest BCUT2D eigenvalue weighted by atomic mass is 10.1. The van der Waals surface area contributed by atoms with Gasteiger partial charge in [0.25, 0.3) is 0 Å². The Balaban J connectivity index is 0.000000434. The maximum Gasteiger partial charge on any atom is 0.414 e. The van der Waals surface area contributed by atoms with Crippen LogP contribution in [0.1, 0.15) is 83.7 Å². The lowest BCUT2D eigenvalue weighted by Gasteiger charge is -2.15. The first-order valence-corrected chi connectivity index (χ1v) is 14.2. The van der Waals surface area contributed by atoms with Crippen molar-refractivity contribution in [2.45, 2.75) is 86.9 Å². The zero-order chi connectivity index (χ0) is 33.1. The number of benzene rings is 1. The van der Waals surface area contributed by atoms with E-state index in [2.05, 4.69) is 9.97 Å². The lowest BCUT2D eigenvalue weighted by molar-refractivity contribution is -0.816. The average Bonchev–Trinajstić information content (AvgIpc) is 2.93. The summed E-state index contributed by atoms with van der Waals surface area (Å²) in [6.45, 7) is 20.0. The molecule has 0 spiro atoms. The number of nitrogens with zero attached hydrogens (tertiary/aromatic N) is 6. The van der Waals surface area contributed by atoms with E-state index >= 15 is 0 Å². The van der Waals surface area contributed by atoms with Crippen LogP contribution in [0.25, 0.3) is 0 Å². The van der Waals surface area contributed by atoms with Gasteiger partial charge in [-0.25, -0.2) is 14.6 Å². The standard InChI is InChI=1S/C16H27N4O3.C15H23N2O3/c1-8-19(7)15(21)23-10-14-12(3)17-13(11(2)18-14)9-20(22)16(4,5)6;1-6-16(5)14(18)20-13-9-7-12(8-10-13)11-17(19)15(2,3)4/h9,22H,8,10H2,1-7H3;7-11,19H,6H2,1-5H3/q2*+1/b;17-11-. The molecule has 0 fully saturated rings. The molecule has 0 saturated carbocycles. The highest BCUT2D eigenvalue weighted by atomic mass is 16.6. The molecule has 0 aliphatic heterocycles. The second-order valence-electron chi connectivity index (χ2n) is 12.0. The molecule has 0 radical (unpaired) electrons. The molecular formula is C31H50N6O6+2. The summed E-state index contributed by atoms with van der Waals surface area (Å²) in [5.41, 5.74) is 2.55. The molecule has 0 aliphatic carbocycles. The predicted molar refractivity (Wildman–Crippen MR) is 165 cm³/mol. The average molecular weight is 603 g/mol. The van der Waals surface area contributed by atoms with Crippen LogP contribution < -0.4 is 4.74 Å². The van der Waals surface area contributed by atoms with E-state index in [0.29, 0.717) is 41.6 Å². The van der Waals surface area contributed by atoms with Gasteiger partial charge < -0.3 is 19.3 Å². The van der Waals surface area contributed by atoms with Crippen LogP contribution in [0.5, 0.6) is 5.75 Å². The third-order valence-electron chi connectivity index (χ3n) is 6.26. The second kappa shape index (κ2) is 15.9. The quantitative estimate of drug-likeness (QED) is 0.195. The summed E-state index contributed by atoms with van der Waals surface area (Å²) in [6, 6.07) is 6.96. The Bertz CT molecular complexity index is 1290. The number of hydrogen-bond acceptors (Lipinski definition) is 8. The summed E-state index contributed by atoms with van der Waals surface area (Å²) in [5, 5.41) is 19.9. The maximum atomic E-state index is 11.7. The van der Waals surface area contributed by atoms with Crippen LogP contribution in [-0.2, 0) is 11.3 Å². The van der Waals surface area contributed by atoms with Crippen LogP contribution in [0.2, 0.25) is 0 Å². The molecule has 1 aromatic heterocycles. The molecule has 12 heteroatoms. The van der Waals surface area contributed by atoms with E-state index < -0.39 is 11.6 Å². The summed E-state index contributed by atoms with van der Waals surface area (Å²) < 4.78 is 12.7. The predicted octanol–water partition coefficient (Wildman–Crippen LogP) is 5.06. The molecule has 2 aromatic rings. The zero-order valence-corrected chi connectivity index (χ0v) is 27.8. The normalized spacial score (nSPS) is 12.2. The van der Waals surface area contributed by atoms with Gasteiger partial charge in [0.1, 0.15) is 12.4 Å². The topological polar surface area (TPSA) is 131 Å². The molecule has 0 unspecified atom stereocenters. The second-order valence-corrected chi connectivity index (χ2v) is 12.0.